The molecule has 0 fully saturated rings. The van der Waals surface area contributed by atoms with Crippen LogP contribution in [0.5, 0.6) is 0 Å². The highest BCUT2D eigenvalue weighted by Gasteiger charge is 2.22. The average Bonchev–Trinajstić information content (AvgIpc) is 3.48. The number of para-hydroxylation sites is 1. The highest BCUT2D eigenvalue weighted by Crippen LogP contribution is 2.32. The Labute approximate surface area is 190 Å². The molecule has 2 aromatic carbocycles. The molecule has 0 spiro atoms. The third-order valence-corrected chi connectivity index (χ3v) is 6.90. The largest absolute Gasteiger partial charge is 0.355 e. The summed E-state index contributed by atoms with van der Waals surface area (Å²) in [6.45, 7) is 4.62. The van der Waals surface area contributed by atoms with Gasteiger partial charge >= 0.3 is 0 Å². The van der Waals surface area contributed by atoms with Gasteiger partial charge in [0, 0.05) is 12.2 Å². The van der Waals surface area contributed by atoms with Crippen molar-refractivity contribution in [2.45, 2.75) is 30.2 Å². The van der Waals surface area contributed by atoms with Crippen molar-refractivity contribution < 1.29 is 4.79 Å². The molecule has 2 heterocycles. The van der Waals surface area contributed by atoms with Gasteiger partial charge in [-0.05, 0) is 42.0 Å². The lowest BCUT2D eigenvalue weighted by molar-refractivity contribution is -0.120. The molecule has 7 heteroatoms. The Hall–Kier alpha value is -2.90. The second kappa shape index (κ2) is 9.94. The molecule has 2 unspecified atom stereocenters. The molecule has 0 saturated heterocycles. The number of aromatic nitrogens is 3. The van der Waals surface area contributed by atoms with Crippen LogP contribution >= 0.6 is 23.1 Å². The van der Waals surface area contributed by atoms with Crippen LogP contribution < -0.4 is 5.32 Å². The first kappa shape index (κ1) is 21.3. The molecule has 0 radical (unpaired) electrons. The molecule has 2 atom stereocenters. The maximum Gasteiger partial charge on any atom is 0.233 e. The van der Waals surface area contributed by atoms with Gasteiger partial charge in [0.25, 0.3) is 0 Å². The van der Waals surface area contributed by atoms with Crippen LogP contribution in [0.15, 0.2) is 83.3 Å². The van der Waals surface area contributed by atoms with Gasteiger partial charge in [0.15, 0.2) is 11.0 Å². The fourth-order valence-electron chi connectivity index (χ4n) is 3.23. The van der Waals surface area contributed by atoms with Gasteiger partial charge in [0.1, 0.15) is 0 Å². The number of thioether (sulfide) groups is 1. The second-order valence-corrected chi connectivity index (χ2v) is 9.53. The molecule has 4 aromatic rings. The Morgan fingerprint density at radius 3 is 2.39 bits per heavy atom. The molecule has 0 bridgehead atoms. The quantitative estimate of drug-likeness (QED) is 0.367. The van der Waals surface area contributed by atoms with E-state index in [1.165, 1.54) is 17.3 Å². The molecule has 0 aliphatic rings. The number of hydrogen-bond donors (Lipinski definition) is 1. The van der Waals surface area contributed by atoms with Crippen molar-refractivity contribution in [1.29, 1.82) is 0 Å². The first-order valence-electron chi connectivity index (χ1n) is 10.2. The van der Waals surface area contributed by atoms with E-state index in [1.54, 1.807) is 11.3 Å². The van der Waals surface area contributed by atoms with Crippen LogP contribution in [0.3, 0.4) is 0 Å². The van der Waals surface area contributed by atoms with E-state index < -0.39 is 0 Å². The molecule has 0 aliphatic carbocycles. The summed E-state index contributed by atoms with van der Waals surface area (Å²) in [5, 5.41) is 14.4. The van der Waals surface area contributed by atoms with Gasteiger partial charge in [-0.25, -0.2) is 0 Å². The number of hydrogen-bond acceptors (Lipinski definition) is 5. The van der Waals surface area contributed by atoms with E-state index in [0.29, 0.717) is 11.7 Å². The molecule has 2 aromatic heterocycles. The van der Waals surface area contributed by atoms with E-state index in [-0.39, 0.29) is 17.1 Å². The van der Waals surface area contributed by atoms with Crippen LogP contribution in [0.2, 0.25) is 0 Å². The van der Waals surface area contributed by atoms with Crippen LogP contribution in [0.1, 0.15) is 25.3 Å². The summed E-state index contributed by atoms with van der Waals surface area (Å²) >= 11 is 3.04. The molecular formula is C24H24N4OS2. The molecule has 1 N–H and O–H groups in total. The number of thiophene rings is 1. The van der Waals surface area contributed by atoms with Crippen molar-refractivity contribution in [1.82, 2.24) is 20.1 Å². The number of amides is 1. The Balaban J connectivity index is 1.49. The fraction of sp³-hybridized carbons (Fsp3) is 0.208. The normalized spacial score (nSPS) is 13.0. The number of rotatable bonds is 8. The van der Waals surface area contributed by atoms with Gasteiger partial charge < -0.3 is 5.32 Å². The predicted molar refractivity (Wildman–Crippen MR) is 128 cm³/mol. The highest BCUT2D eigenvalue weighted by molar-refractivity contribution is 8.00. The number of carbonyl (C=O) groups excluding carboxylic acids is 1. The van der Waals surface area contributed by atoms with E-state index >= 15 is 0 Å². The number of carbonyl (C=O) groups is 1. The zero-order chi connectivity index (χ0) is 21.6. The van der Waals surface area contributed by atoms with E-state index in [9.17, 15) is 4.79 Å². The minimum Gasteiger partial charge on any atom is -0.355 e. The zero-order valence-corrected chi connectivity index (χ0v) is 19.1. The van der Waals surface area contributed by atoms with Crippen molar-refractivity contribution in [3.8, 4) is 16.4 Å². The number of nitrogens with zero attached hydrogens (tertiary/aromatic N) is 3. The van der Waals surface area contributed by atoms with Gasteiger partial charge in [-0.2, -0.15) is 0 Å². The van der Waals surface area contributed by atoms with Gasteiger partial charge in [-0.15, -0.1) is 21.5 Å². The highest BCUT2D eigenvalue weighted by atomic mass is 32.2. The number of nitrogens with one attached hydrogen (secondary N) is 1. The molecule has 158 valence electrons. The maximum absolute atomic E-state index is 12.8. The van der Waals surface area contributed by atoms with Gasteiger partial charge in [0.05, 0.1) is 10.1 Å². The molecule has 0 saturated carbocycles. The summed E-state index contributed by atoms with van der Waals surface area (Å²) in [5.74, 6) is 1.03. The minimum absolute atomic E-state index is 0.00642. The first-order valence-corrected chi connectivity index (χ1v) is 11.9. The van der Waals surface area contributed by atoms with Crippen molar-refractivity contribution >= 4 is 29.0 Å². The smallest absolute Gasteiger partial charge is 0.233 e. The second-order valence-electron chi connectivity index (χ2n) is 7.27. The molecule has 5 nitrogen and oxygen atoms in total. The summed E-state index contributed by atoms with van der Waals surface area (Å²) < 4.78 is 2.02. The number of benzene rings is 2. The fourth-order valence-corrected chi connectivity index (χ4v) is 4.82. The van der Waals surface area contributed by atoms with E-state index in [1.807, 2.05) is 77.5 Å². The Bertz CT molecular complexity index is 1110. The van der Waals surface area contributed by atoms with E-state index in [4.69, 9.17) is 0 Å². The first-order chi connectivity index (χ1) is 15.1. The SMILES string of the molecule is CC(Sc1nnc(-c2cccs2)n1-c1ccccc1)C(=O)NCC(C)c1ccccc1. The molecule has 0 aliphatic heterocycles. The standard InChI is InChI=1S/C24H24N4OS2/c1-17(19-10-5-3-6-11-19)16-25-23(29)18(2)31-24-27-26-22(21-14-9-15-30-21)28(24)20-12-7-4-8-13-20/h3-15,17-18H,16H2,1-2H3,(H,25,29). The monoisotopic (exact) mass is 448 g/mol. The molecule has 31 heavy (non-hydrogen) atoms. The third kappa shape index (κ3) is 5.06. The molecular weight excluding hydrogens is 424 g/mol. The zero-order valence-electron chi connectivity index (χ0n) is 17.4. The van der Waals surface area contributed by atoms with E-state index in [0.717, 1.165) is 16.4 Å². The van der Waals surface area contributed by atoms with Crippen molar-refractivity contribution in [3.05, 3.63) is 83.7 Å². The molecule has 1 amide bonds. The lowest BCUT2D eigenvalue weighted by atomic mass is 10.0. The van der Waals surface area contributed by atoms with Crippen molar-refractivity contribution in [3.63, 3.8) is 0 Å². The summed E-state index contributed by atoms with van der Waals surface area (Å²) in [6, 6.07) is 24.3. The summed E-state index contributed by atoms with van der Waals surface area (Å²) in [5.41, 5.74) is 2.19. The molecule has 4 rings (SSSR count). The van der Waals surface area contributed by atoms with Gasteiger partial charge in [-0.1, -0.05) is 73.3 Å². The Morgan fingerprint density at radius 2 is 1.71 bits per heavy atom. The van der Waals surface area contributed by atoms with Crippen LogP contribution in [0.4, 0.5) is 0 Å². The lowest BCUT2D eigenvalue weighted by Crippen LogP contribution is -2.33. The lowest BCUT2D eigenvalue weighted by Gasteiger charge is -2.16. The Morgan fingerprint density at radius 1 is 1.00 bits per heavy atom. The summed E-state index contributed by atoms with van der Waals surface area (Å²) in [6.07, 6.45) is 0. The third-order valence-electron chi connectivity index (χ3n) is 4.99. The average molecular weight is 449 g/mol. The van der Waals surface area contributed by atoms with Crippen LogP contribution in [-0.4, -0.2) is 32.5 Å². The maximum atomic E-state index is 12.8. The van der Waals surface area contributed by atoms with Crippen LogP contribution in [0, 0.1) is 0 Å². The topological polar surface area (TPSA) is 59.8 Å². The van der Waals surface area contributed by atoms with Gasteiger partial charge in [-0.3, -0.25) is 9.36 Å². The summed E-state index contributed by atoms with van der Waals surface area (Å²) in [4.78, 5) is 13.8. The minimum atomic E-state index is -0.300. The van der Waals surface area contributed by atoms with Crippen LogP contribution in [-0.2, 0) is 4.79 Å². The Kier molecular flexibility index (Phi) is 6.84. The summed E-state index contributed by atoms with van der Waals surface area (Å²) in [7, 11) is 0. The van der Waals surface area contributed by atoms with Crippen LogP contribution in [0.25, 0.3) is 16.4 Å². The van der Waals surface area contributed by atoms with E-state index in [2.05, 4.69) is 34.6 Å². The van der Waals surface area contributed by atoms with Crippen molar-refractivity contribution in [2.24, 2.45) is 0 Å². The van der Waals surface area contributed by atoms with Gasteiger partial charge in [0.2, 0.25) is 5.91 Å². The predicted octanol–water partition coefficient (Wildman–Crippen LogP) is 5.40. The van der Waals surface area contributed by atoms with Crippen molar-refractivity contribution in [2.75, 3.05) is 6.54 Å².